The van der Waals surface area contributed by atoms with Gasteiger partial charge in [0, 0.05) is 62.1 Å². The van der Waals surface area contributed by atoms with E-state index in [4.69, 9.17) is 14.9 Å². The first kappa shape index (κ1) is 40.7. The third-order valence-electron chi connectivity index (χ3n) is 14.4. The van der Waals surface area contributed by atoms with Gasteiger partial charge in [0.15, 0.2) is 11.3 Å². The summed E-state index contributed by atoms with van der Waals surface area (Å²) < 4.78 is 41.1. The highest BCUT2D eigenvalue weighted by Crippen LogP contribution is 2.54. The van der Waals surface area contributed by atoms with Gasteiger partial charge in [-0.15, -0.1) is 0 Å². The second kappa shape index (κ2) is 16.2. The number of rotatable bonds is 10. The van der Waals surface area contributed by atoms with Gasteiger partial charge in [0.25, 0.3) is 18.2 Å². The number of hydrogen-bond acceptors (Lipinski definition) is 11. The van der Waals surface area contributed by atoms with E-state index in [0.717, 1.165) is 85.9 Å². The number of amides is 3. The number of fused-ring (bicyclic) bond motifs is 2. The number of nitrogens with zero attached hydrogens (tertiary/aromatic N) is 11. The Kier molecular flexibility index (Phi) is 10.3. The lowest BCUT2D eigenvalue weighted by Crippen LogP contribution is -2.42. The van der Waals surface area contributed by atoms with Crippen molar-refractivity contribution in [2.24, 2.45) is 11.3 Å². The number of likely N-dealkylation sites (tertiary alicyclic amines) is 1. The number of carbonyl (C=O) groups excluding carboxylic acids is 3. The monoisotopic (exact) mass is 875 g/mol. The zero-order valence-corrected chi connectivity index (χ0v) is 35.7. The number of halogens is 2. The molecule has 5 aromatic heterocycles. The fourth-order valence-corrected chi connectivity index (χ4v) is 11.1. The van der Waals surface area contributed by atoms with Gasteiger partial charge in [-0.2, -0.15) is 20.4 Å². The maximum Gasteiger partial charge on any atom is 0.284 e. The van der Waals surface area contributed by atoms with Crippen LogP contribution in [0.4, 0.5) is 20.3 Å². The van der Waals surface area contributed by atoms with Crippen molar-refractivity contribution in [3.63, 3.8) is 0 Å². The number of nitrogens with one attached hydrogen (secondary N) is 2. The number of morpholine rings is 1. The van der Waals surface area contributed by atoms with Crippen molar-refractivity contribution in [2.75, 3.05) is 56.2 Å². The van der Waals surface area contributed by atoms with Crippen molar-refractivity contribution >= 4 is 45.8 Å². The molecular weight excluding hydrogens is 825 g/mol. The summed E-state index contributed by atoms with van der Waals surface area (Å²) >= 11 is 0. The molecule has 3 saturated heterocycles. The van der Waals surface area contributed by atoms with Crippen LogP contribution < -0.4 is 15.5 Å². The number of aromatic nitrogens is 9. The highest BCUT2D eigenvalue weighted by molar-refractivity contribution is 6.08. The molecule has 5 fully saturated rings. The summed E-state index contributed by atoms with van der Waals surface area (Å²) in [6, 6.07) is 7.67. The van der Waals surface area contributed by atoms with E-state index in [0.29, 0.717) is 68.0 Å². The second-order valence-corrected chi connectivity index (χ2v) is 18.5. The highest BCUT2D eigenvalue weighted by Gasteiger charge is 2.49. The summed E-state index contributed by atoms with van der Waals surface area (Å²) in [5.74, 6) is 0.101. The summed E-state index contributed by atoms with van der Waals surface area (Å²) in [7, 11) is 0. The first-order valence-corrected chi connectivity index (χ1v) is 22.5. The number of ether oxygens (including phenoxy) is 1. The number of imide groups is 1. The van der Waals surface area contributed by atoms with Crippen LogP contribution in [0, 0.1) is 18.3 Å². The molecular formula is C45H51F2N13O4. The molecule has 3 aliphatic heterocycles. The van der Waals surface area contributed by atoms with E-state index in [1.165, 1.54) is 17.1 Å². The predicted molar refractivity (Wildman–Crippen MR) is 231 cm³/mol. The Bertz CT molecular complexity index is 2760. The summed E-state index contributed by atoms with van der Waals surface area (Å²) in [5, 5.41) is 24.3. The molecule has 8 heterocycles. The molecule has 0 radical (unpaired) electrons. The summed E-state index contributed by atoms with van der Waals surface area (Å²) in [4.78, 5) is 47.4. The number of aryl methyl sites for hydroxylation is 1. The lowest BCUT2D eigenvalue weighted by molar-refractivity contribution is -0.135. The molecule has 6 aromatic rings. The Morgan fingerprint density at radius 1 is 0.969 bits per heavy atom. The number of alkyl halides is 2. The Labute approximate surface area is 367 Å². The molecule has 1 spiro atoms. The molecule has 1 aromatic carbocycles. The molecule has 2 aliphatic carbocycles. The molecule has 3 amide bonds. The van der Waals surface area contributed by atoms with Gasteiger partial charge in [-0.05, 0) is 93.9 Å². The molecule has 17 nitrogen and oxygen atoms in total. The maximum atomic E-state index is 14.3. The van der Waals surface area contributed by atoms with Gasteiger partial charge in [0.05, 0.1) is 54.6 Å². The minimum atomic E-state index is -2.85. The molecule has 1 atom stereocenters. The van der Waals surface area contributed by atoms with Gasteiger partial charge >= 0.3 is 0 Å². The Balaban J connectivity index is 0.687. The van der Waals surface area contributed by atoms with Crippen LogP contribution in [-0.4, -0.2) is 112 Å². The minimum absolute atomic E-state index is 0.00445. The molecule has 1 unspecified atom stereocenters. The standard InChI is InChI=1S/C45H51F2N13O4/c1-27-39-32(3-2-4-35(39)60(53-27)36-9-10-38(61)52-44(36)63)29-21-48-58(24-29)31-19-45(20-31)12-14-55(26-45)23-28-5-7-30(8-6-28)59-25-34(40(54-59)41(46)47)50-43(62)33-22-49-57-13-11-37(51-42(33)57)56-15-17-64-18-16-56/h2-4,11,13,21-22,24-25,28,30-31,36,41H,5-10,12,14-20,23,26H2,1H3,(H,50,62)(H,52,61,63). The Hall–Kier alpha value is -6.08. The number of carbonyl (C=O) groups is 3. The van der Waals surface area contributed by atoms with E-state index in [1.807, 2.05) is 31.3 Å². The number of piperidine rings is 1. The number of hydrogen-bond donors (Lipinski definition) is 2. The zero-order valence-electron chi connectivity index (χ0n) is 35.7. The van der Waals surface area contributed by atoms with Crippen LogP contribution in [0.1, 0.15) is 104 Å². The van der Waals surface area contributed by atoms with Gasteiger partial charge in [-0.1, -0.05) is 12.1 Å². The second-order valence-electron chi connectivity index (χ2n) is 18.5. The van der Waals surface area contributed by atoms with Crippen LogP contribution in [0.2, 0.25) is 0 Å². The normalized spacial score (nSPS) is 25.5. The molecule has 334 valence electrons. The lowest BCUT2D eigenvalue weighted by atomic mass is 9.65. The summed E-state index contributed by atoms with van der Waals surface area (Å²) in [6.45, 7) is 7.68. The first-order chi connectivity index (χ1) is 31.1. The van der Waals surface area contributed by atoms with Gasteiger partial charge in [-0.25, -0.2) is 18.3 Å². The van der Waals surface area contributed by atoms with Crippen LogP contribution in [0.25, 0.3) is 27.7 Å². The molecule has 0 bridgehead atoms. The van der Waals surface area contributed by atoms with Gasteiger partial charge < -0.3 is 19.9 Å². The van der Waals surface area contributed by atoms with E-state index < -0.39 is 24.1 Å². The van der Waals surface area contributed by atoms with Crippen molar-refractivity contribution in [3.05, 3.63) is 72.2 Å². The highest BCUT2D eigenvalue weighted by atomic mass is 19.3. The fourth-order valence-electron chi connectivity index (χ4n) is 11.1. The van der Waals surface area contributed by atoms with Crippen molar-refractivity contribution in [1.82, 2.24) is 54.2 Å². The predicted octanol–water partition coefficient (Wildman–Crippen LogP) is 5.91. The third-order valence-corrected chi connectivity index (χ3v) is 14.4. The topological polar surface area (TPSA) is 175 Å². The maximum absolute atomic E-state index is 14.3. The van der Waals surface area contributed by atoms with E-state index in [1.54, 1.807) is 21.8 Å². The largest absolute Gasteiger partial charge is 0.378 e. The molecule has 64 heavy (non-hydrogen) atoms. The number of benzene rings is 1. The SMILES string of the molecule is Cc1nn(C2CCC(=O)NC2=O)c2cccc(-c3cnn(C4CC5(CCN(CC6CCC(n7cc(NC(=O)c8cnn9ccc(N%10CCOCC%10)nc89)c(C(F)F)n7)CC6)C5)C4)c3)c12. The fraction of sp³-hybridized carbons (Fsp3) is 0.511. The van der Waals surface area contributed by atoms with Crippen LogP contribution in [0.3, 0.4) is 0 Å². The summed E-state index contributed by atoms with van der Waals surface area (Å²) in [6.07, 6.45) is 13.6. The van der Waals surface area contributed by atoms with Crippen LogP contribution >= 0.6 is 0 Å². The molecule has 19 heteroatoms. The molecule has 5 aliphatic rings. The van der Waals surface area contributed by atoms with Crippen LogP contribution in [-0.2, 0) is 14.3 Å². The van der Waals surface area contributed by atoms with Gasteiger partial charge in [0.2, 0.25) is 5.91 Å². The van der Waals surface area contributed by atoms with Crippen molar-refractivity contribution < 1.29 is 27.9 Å². The summed E-state index contributed by atoms with van der Waals surface area (Å²) in [5.41, 5.74) is 4.15. The van der Waals surface area contributed by atoms with Crippen LogP contribution in [0.15, 0.2) is 55.2 Å². The van der Waals surface area contributed by atoms with Crippen LogP contribution in [0.5, 0.6) is 0 Å². The van der Waals surface area contributed by atoms with Gasteiger partial charge in [0.1, 0.15) is 17.4 Å². The zero-order chi connectivity index (χ0) is 43.7. The first-order valence-electron chi connectivity index (χ1n) is 22.5. The van der Waals surface area contributed by atoms with E-state index >= 15 is 0 Å². The third kappa shape index (κ3) is 7.41. The Morgan fingerprint density at radius 3 is 2.59 bits per heavy atom. The molecule has 2 saturated carbocycles. The van der Waals surface area contributed by atoms with Crippen molar-refractivity contribution in [3.8, 4) is 11.1 Å². The average Bonchev–Trinajstić information content (AvgIpc) is 4.14. The average molecular weight is 876 g/mol. The van der Waals surface area contributed by atoms with E-state index in [-0.39, 0.29) is 29.1 Å². The van der Waals surface area contributed by atoms with Crippen molar-refractivity contribution in [2.45, 2.75) is 89.3 Å². The molecule has 11 rings (SSSR count). The minimum Gasteiger partial charge on any atom is -0.378 e. The number of anilines is 2. The van der Waals surface area contributed by atoms with E-state index in [9.17, 15) is 23.2 Å². The molecule has 2 N–H and O–H groups in total. The smallest absolute Gasteiger partial charge is 0.284 e. The quantitative estimate of drug-likeness (QED) is 0.157. The van der Waals surface area contributed by atoms with Gasteiger partial charge in [-0.3, -0.25) is 33.7 Å². The lowest BCUT2D eigenvalue weighted by Gasteiger charge is -2.45. The van der Waals surface area contributed by atoms with E-state index in [2.05, 4.69) is 52.6 Å². The van der Waals surface area contributed by atoms with Crippen molar-refractivity contribution in [1.29, 1.82) is 0 Å². The Morgan fingerprint density at radius 2 is 1.80 bits per heavy atom.